The largest absolute Gasteiger partial charge is 0.472 e. The predicted molar refractivity (Wildman–Crippen MR) is 215 cm³/mol. The Morgan fingerprint density at radius 1 is 0.547 bits per heavy atom. The van der Waals surface area contributed by atoms with Crippen molar-refractivity contribution in [3.8, 4) is 0 Å². The molecule has 11 heteroatoms. The minimum absolute atomic E-state index is 0.165. The molecule has 0 fully saturated rings. The first kappa shape index (κ1) is 51.5. The Labute approximate surface area is 323 Å². The standard InChI is InChI=1S/C42H79O10P/c1-3-5-7-9-11-13-15-17-19-21-23-25-27-29-31-33-41(45)49-37-40(38-51-53(47,48)50-36-39(44)35-43)52-42(46)34-32-30-28-26-24-22-20-18-16-14-12-10-8-6-4-2/h13,15,22,24,39-40,43-44H,3-12,14,16-21,23,25-38H2,1-2H3,(H,47,48)/b15-13+,24-22+/t39-,40+/m0/s1. The van der Waals surface area contributed by atoms with E-state index >= 15 is 0 Å². The van der Waals surface area contributed by atoms with E-state index in [9.17, 15) is 24.2 Å². The van der Waals surface area contributed by atoms with Crippen LogP contribution in [0.1, 0.15) is 194 Å². The van der Waals surface area contributed by atoms with Gasteiger partial charge < -0.3 is 24.6 Å². The second kappa shape index (κ2) is 38.7. The van der Waals surface area contributed by atoms with E-state index in [0.717, 1.165) is 51.4 Å². The van der Waals surface area contributed by atoms with Gasteiger partial charge in [0.1, 0.15) is 12.7 Å². The van der Waals surface area contributed by atoms with Gasteiger partial charge >= 0.3 is 19.8 Å². The number of aliphatic hydroxyl groups excluding tert-OH is 2. The molecule has 3 N–H and O–H groups in total. The van der Waals surface area contributed by atoms with Crippen molar-refractivity contribution in [1.29, 1.82) is 0 Å². The van der Waals surface area contributed by atoms with Gasteiger partial charge in [0.25, 0.3) is 0 Å². The molecule has 0 heterocycles. The minimum atomic E-state index is -4.62. The van der Waals surface area contributed by atoms with Gasteiger partial charge in [-0.15, -0.1) is 0 Å². The molecule has 0 saturated carbocycles. The van der Waals surface area contributed by atoms with Crippen LogP contribution in [0.3, 0.4) is 0 Å². The van der Waals surface area contributed by atoms with Gasteiger partial charge in [-0.05, 0) is 64.2 Å². The second-order valence-electron chi connectivity index (χ2n) is 14.4. The highest BCUT2D eigenvalue weighted by Gasteiger charge is 2.27. The van der Waals surface area contributed by atoms with Crippen LogP contribution in [0.4, 0.5) is 0 Å². The Bertz CT molecular complexity index is 941. The number of phosphoric acid groups is 1. The summed E-state index contributed by atoms with van der Waals surface area (Å²) < 4.78 is 32.7. The lowest BCUT2D eigenvalue weighted by Crippen LogP contribution is -2.29. The SMILES string of the molecule is CCCCCC/C=C/CCCCCCCCCC(=O)OC[C@H](COP(=O)(O)OC[C@@H](O)CO)OC(=O)CCCCC/C=C/CCCCCCCCCC. The molecular formula is C42H79O10P. The Hall–Kier alpha value is -1.55. The average molecular weight is 775 g/mol. The minimum Gasteiger partial charge on any atom is -0.462 e. The van der Waals surface area contributed by atoms with Gasteiger partial charge in [0.15, 0.2) is 6.10 Å². The van der Waals surface area contributed by atoms with Crippen LogP contribution < -0.4 is 0 Å². The smallest absolute Gasteiger partial charge is 0.462 e. The number of phosphoric ester groups is 1. The van der Waals surface area contributed by atoms with Crippen molar-refractivity contribution in [3.05, 3.63) is 24.3 Å². The molecule has 10 nitrogen and oxygen atoms in total. The average Bonchev–Trinajstić information content (AvgIpc) is 3.14. The van der Waals surface area contributed by atoms with E-state index in [-0.39, 0.29) is 19.4 Å². The summed E-state index contributed by atoms with van der Waals surface area (Å²) in [6.45, 7) is 2.35. The zero-order valence-electron chi connectivity index (χ0n) is 33.7. The molecule has 0 aromatic carbocycles. The van der Waals surface area contributed by atoms with Gasteiger partial charge in [0.05, 0.1) is 19.8 Å². The van der Waals surface area contributed by atoms with Gasteiger partial charge in [-0.3, -0.25) is 18.6 Å². The number of hydrogen-bond donors (Lipinski definition) is 3. The van der Waals surface area contributed by atoms with Crippen LogP contribution in [0.5, 0.6) is 0 Å². The predicted octanol–water partition coefficient (Wildman–Crippen LogP) is 11.0. The molecule has 0 aliphatic rings. The molecule has 0 bridgehead atoms. The van der Waals surface area contributed by atoms with Crippen molar-refractivity contribution in [1.82, 2.24) is 0 Å². The van der Waals surface area contributed by atoms with Gasteiger partial charge in [-0.2, -0.15) is 0 Å². The third-order valence-electron chi connectivity index (χ3n) is 9.08. The number of unbranched alkanes of at least 4 members (excludes halogenated alkanes) is 22. The first-order valence-electron chi connectivity index (χ1n) is 21.3. The molecule has 0 rings (SSSR count). The monoisotopic (exact) mass is 775 g/mol. The van der Waals surface area contributed by atoms with Crippen molar-refractivity contribution < 1.29 is 47.8 Å². The number of carbonyl (C=O) groups is 2. The summed E-state index contributed by atoms with van der Waals surface area (Å²) in [7, 11) is -4.62. The highest BCUT2D eigenvalue weighted by Crippen LogP contribution is 2.43. The molecule has 0 aromatic heterocycles. The molecule has 0 radical (unpaired) electrons. The molecular weight excluding hydrogens is 695 g/mol. The second-order valence-corrected chi connectivity index (χ2v) is 15.8. The van der Waals surface area contributed by atoms with E-state index in [0.29, 0.717) is 12.8 Å². The van der Waals surface area contributed by atoms with Crippen LogP contribution in [0.2, 0.25) is 0 Å². The number of aliphatic hydroxyl groups is 2. The van der Waals surface area contributed by atoms with Crippen molar-refractivity contribution in [2.45, 2.75) is 206 Å². The Morgan fingerprint density at radius 2 is 0.925 bits per heavy atom. The van der Waals surface area contributed by atoms with Crippen LogP contribution >= 0.6 is 7.82 Å². The maximum absolute atomic E-state index is 12.6. The number of hydrogen-bond acceptors (Lipinski definition) is 9. The van der Waals surface area contributed by atoms with Gasteiger partial charge in [-0.25, -0.2) is 4.57 Å². The summed E-state index contributed by atoms with van der Waals surface area (Å²) >= 11 is 0. The summed E-state index contributed by atoms with van der Waals surface area (Å²) in [5.41, 5.74) is 0. The summed E-state index contributed by atoms with van der Waals surface area (Å²) in [6, 6.07) is 0. The highest BCUT2D eigenvalue weighted by molar-refractivity contribution is 7.47. The van der Waals surface area contributed by atoms with Crippen molar-refractivity contribution >= 4 is 19.8 Å². The van der Waals surface area contributed by atoms with Crippen molar-refractivity contribution in [3.63, 3.8) is 0 Å². The van der Waals surface area contributed by atoms with Crippen LogP contribution in [0.15, 0.2) is 24.3 Å². The summed E-state index contributed by atoms with van der Waals surface area (Å²) in [5.74, 6) is -0.944. The molecule has 0 amide bonds. The lowest BCUT2D eigenvalue weighted by molar-refractivity contribution is -0.161. The number of allylic oxidation sites excluding steroid dienone is 4. The van der Waals surface area contributed by atoms with Gasteiger partial charge in [0.2, 0.25) is 0 Å². The third kappa shape index (κ3) is 38.5. The highest BCUT2D eigenvalue weighted by atomic mass is 31.2. The maximum atomic E-state index is 12.6. The number of rotatable bonds is 40. The first-order chi connectivity index (χ1) is 25.7. The molecule has 3 atom stereocenters. The molecule has 0 aromatic rings. The van der Waals surface area contributed by atoms with Crippen LogP contribution in [-0.4, -0.2) is 65.7 Å². The van der Waals surface area contributed by atoms with Gasteiger partial charge in [-0.1, -0.05) is 141 Å². The normalized spacial score (nSPS) is 14.1. The van der Waals surface area contributed by atoms with Crippen LogP contribution in [0.25, 0.3) is 0 Å². The summed E-state index contributed by atoms with van der Waals surface area (Å²) in [6.07, 6.45) is 37.1. The van der Waals surface area contributed by atoms with E-state index < -0.39 is 51.8 Å². The number of carbonyl (C=O) groups excluding carboxylic acids is 2. The van der Waals surface area contributed by atoms with E-state index in [4.69, 9.17) is 19.1 Å². The molecule has 312 valence electrons. The summed E-state index contributed by atoms with van der Waals surface area (Å²) in [4.78, 5) is 34.9. The summed E-state index contributed by atoms with van der Waals surface area (Å²) in [5, 5.41) is 18.3. The fourth-order valence-electron chi connectivity index (χ4n) is 5.75. The quantitative estimate of drug-likeness (QED) is 0.0238. The van der Waals surface area contributed by atoms with E-state index in [2.05, 4.69) is 42.7 Å². The number of esters is 2. The van der Waals surface area contributed by atoms with E-state index in [1.165, 1.54) is 103 Å². The molecule has 1 unspecified atom stereocenters. The maximum Gasteiger partial charge on any atom is 0.472 e. The van der Waals surface area contributed by atoms with E-state index in [1.807, 2.05) is 0 Å². The topological polar surface area (TPSA) is 149 Å². The fourth-order valence-corrected chi connectivity index (χ4v) is 6.54. The number of ether oxygens (including phenoxy) is 2. The lowest BCUT2D eigenvalue weighted by Gasteiger charge is -2.20. The molecule has 0 saturated heterocycles. The van der Waals surface area contributed by atoms with Crippen molar-refractivity contribution in [2.75, 3.05) is 26.4 Å². The molecule has 0 aliphatic heterocycles. The van der Waals surface area contributed by atoms with Crippen LogP contribution in [-0.2, 0) is 32.7 Å². The first-order valence-corrected chi connectivity index (χ1v) is 22.8. The molecule has 0 spiro atoms. The van der Waals surface area contributed by atoms with Crippen LogP contribution in [0, 0.1) is 0 Å². The Morgan fingerprint density at radius 3 is 1.40 bits per heavy atom. The Balaban J connectivity index is 4.33. The third-order valence-corrected chi connectivity index (χ3v) is 10.0. The van der Waals surface area contributed by atoms with Gasteiger partial charge in [0, 0.05) is 12.8 Å². The zero-order valence-corrected chi connectivity index (χ0v) is 34.6. The van der Waals surface area contributed by atoms with Crippen molar-refractivity contribution in [2.24, 2.45) is 0 Å². The zero-order chi connectivity index (χ0) is 39.1. The fraction of sp³-hybridized carbons (Fsp3) is 0.857. The van der Waals surface area contributed by atoms with E-state index in [1.54, 1.807) is 0 Å². The lowest BCUT2D eigenvalue weighted by atomic mass is 10.1. The Kier molecular flexibility index (Phi) is 37.6. The molecule has 53 heavy (non-hydrogen) atoms. The molecule has 0 aliphatic carbocycles.